The fourth-order valence-corrected chi connectivity index (χ4v) is 6.60. The first-order valence-corrected chi connectivity index (χ1v) is 16.9. The van der Waals surface area contributed by atoms with E-state index in [-0.39, 0.29) is 25.8 Å². The third-order valence-corrected chi connectivity index (χ3v) is 8.80. The molecule has 7 heteroatoms. The Labute approximate surface area is 251 Å². The molecule has 0 aliphatic heterocycles. The van der Waals surface area contributed by atoms with Crippen LogP contribution in [0, 0.1) is 0 Å². The minimum Gasteiger partial charge on any atom is -0.544 e. The van der Waals surface area contributed by atoms with Gasteiger partial charge in [0.1, 0.15) is 6.04 Å². The van der Waals surface area contributed by atoms with Crippen molar-refractivity contribution in [1.82, 2.24) is 0 Å². The highest BCUT2D eigenvalue weighted by molar-refractivity contribution is 5.77. The molecule has 0 rings (SSSR count). The number of hydrogen-bond acceptors (Lipinski definition) is 4. The van der Waals surface area contributed by atoms with Crippen molar-refractivity contribution in [2.45, 2.75) is 181 Å². The molecule has 0 bridgehead atoms. The van der Waals surface area contributed by atoms with Gasteiger partial charge in [0.2, 0.25) is 0 Å². The molecule has 0 radical (unpaired) electrons. The molecular weight excluding hydrogens is 518 g/mol. The third kappa shape index (κ3) is 15.2. The molecule has 0 fully saturated rings. The number of quaternary nitrogens is 1. The predicted octanol–water partition coefficient (Wildman–Crippen LogP) is 7.66. The molecule has 0 aliphatic carbocycles. The molecule has 0 aliphatic rings. The van der Waals surface area contributed by atoms with E-state index in [0.29, 0.717) is 6.42 Å². The smallest absolute Gasteiger partial charge is 0.362 e. The summed E-state index contributed by atoms with van der Waals surface area (Å²) in [7, 11) is 0. The van der Waals surface area contributed by atoms with Crippen molar-refractivity contribution >= 4 is 17.9 Å². The van der Waals surface area contributed by atoms with Crippen LogP contribution in [0.25, 0.3) is 0 Å². The molecule has 0 aromatic carbocycles. The van der Waals surface area contributed by atoms with Crippen molar-refractivity contribution in [2.24, 2.45) is 0 Å². The lowest BCUT2D eigenvalue weighted by Crippen LogP contribution is -2.73. The van der Waals surface area contributed by atoms with Crippen molar-refractivity contribution in [3.63, 3.8) is 0 Å². The lowest BCUT2D eigenvalue weighted by Gasteiger charge is -2.51. The Morgan fingerprint density at radius 2 is 0.902 bits per heavy atom. The number of allylic oxidation sites excluding steroid dienone is 2. The summed E-state index contributed by atoms with van der Waals surface area (Å²) < 4.78 is -0.481. The van der Waals surface area contributed by atoms with Gasteiger partial charge in [0.25, 0.3) is 0 Å². The van der Waals surface area contributed by atoms with Crippen LogP contribution >= 0.6 is 0 Å². The zero-order valence-electron chi connectivity index (χ0n) is 26.9. The number of carbonyl (C=O) groups excluding carboxylic acids is 1. The van der Waals surface area contributed by atoms with Gasteiger partial charge in [-0.2, -0.15) is 0 Å². The van der Waals surface area contributed by atoms with Crippen LogP contribution < -0.4 is 5.11 Å². The van der Waals surface area contributed by atoms with Crippen molar-refractivity contribution < 1.29 is 34.2 Å². The van der Waals surface area contributed by atoms with Crippen molar-refractivity contribution in [1.29, 1.82) is 0 Å². The molecule has 0 aromatic rings. The van der Waals surface area contributed by atoms with E-state index in [1.54, 1.807) is 20.8 Å². The summed E-state index contributed by atoms with van der Waals surface area (Å²) in [6, 6.07) is -3.41. The Hall–Kier alpha value is -1.89. The van der Waals surface area contributed by atoms with Crippen LogP contribution in [0.3, 0.4) is 0 Å². The van der Waals surface area contributed by atoms with E-state index in [2.05, 4.69) is 19.1 Å². The summed E-state index contributed by atoms with van der Waals surface area (Å²) in [6.07, 6.45) is 26.8. The van der Waals surface area contributed by atoms with E-state index in [1.807, 2.05) is 0 Å². The van der Waals surface area contributed by atoms with E-state index < -0.39 is 40.5 Å². The quantitative estimate of drug-likeness (QED) is 0.0532. The number of unbranched alkanes of at least 4 members (excludes halogenated alkanes) is 16. The van der Waals surface area contributed by atoms with E-state index >= 15 is 0 Å². The average molecular weight is 582 g/mol. The largest absolute Gasteiger partial charge is 0.544 e. The summed E-state index contributed by atoms with van der Waals surface area (Å²) in [5, 5.41) is 32.1. The van der Waals surface area contributed by atoms with Gasteiger partial charge in [0, 0.05) is 19.3 Å². The molecule has 0 saturated heterocycles. The molecule has 0 spiro atoms. The molecule has 41 heavy (non-hydrogen) atoms. The molecule has 2 N–H and O–H groups in total. The van der Waals surface area contributed by atoms with Crippen LogP contribution in [0.4, 0.5) is 0 Å². The molecule has 3 unspecified atom stereocenters. The third-order valence-electron chi connectivity index (χ3n) is 8.80. The molecule has 0 aromatic heterocycles. The van der Waals surface area contributed by atoms with Gasteiger partial charge in [0.05, 0.1) is 12.5 Å². The number of nitrogens with zero attached hydrogens (tertiary/aromatic N) is 1. The summed E-state index contributed by atoms with van der Waals surface area (Å²) in [5.41, 5.74) is 0. The van der Waals surface area contributed by atoms with Crippen LogP contribution in [0.15, 0.2) is 12.2 Å². The van der Waals surface area contributed by atoms with Gasteiger partial charge < -0.3 is 20.1 Å². The number of aliphatic carboxylic acids is 3. The van der Waals surface area contributed by atoms with Crippen LogP contribution in [0.2, 0.25) is 0 Å². The summed E-state index contributed by atoms with van der Waals surface area (Å²) >= 11 is 0. The van der Waals surface area contributed by atoms with E-state index in [9.17, 15) is 29.7 Å². The first-order chi connectivity index (χ1) is 19.7. The number of rotatable bonds is 29. The number of carboxylic acids is 3. The topological polar surface area (TPSA) is 115 Å². The number of hydrogen-bond donors (Lipinski definition) is 2. The van der Waals surface area contributed by atoms with Crippen LogP contribution in [0.1, 0.15) is 163 Å². The first kappa shape index (κ1) is 39.1. The maximum atomic E-state index is 12.2. The molecule has 7 nitrogen and oxygen atoms in total. The van der Waals surface area contributed by atoms with Gasteiger partial charge in [-0.15, -0.1) is 0 Å². The summed E-state index contributed by atoms with van der Waals surface area (Å²) in [6.45, 7) is 7.50. The second kappa shape index (κ2) is 24.7. The molecule has 240 valence electrons. The van der Waals surface area contributed by atoms with E-state index in [4.69, 9.17) is 0 Å². The van der Waals surface area contributed by atoms with Gasteiger partial charge in [-0.05, 0) is 38.5 Å². The molecule has 0 amide bonds. The van der Waals surface area contributed by atoms with Gasteiger partial charge in [-0.1, -0.05) is 117 Å². The monoisotopic (exact) mass is 581 g/mol. The van der Waals surface area contributed by atoms with Gasteiger partial charge in [0.15, 0.2) is 12.1 Å². The van der Waals surface area contributed by atoms with Crippen LogP contribution in [-0.2, 0) is 14.4 Å². The Morgan fingerprint density at radius 3 is 1.22 bits per heavy atom. The first-order valence-electron chi connectivity index (χ1n) is 16.9. The SMILES string of the molecule is CCCCCCCCCCCCCCC/C=C/CCCCC[N+](C(CC)C(=O)[O-])(C(CC)C(=O)O)C(CC)C(=O)O. The Kier molecular flexibility index (Phi) is 23.5. The Balaban J connectivity index is 4.49. The van der Waals surface area contributed by atoms with Crippen molar-refractivity contribution in [3.05, 3.63) is 12.2 Å². The summed E-state index contributed by atoms with van der Waals surface area (Å²) in [5.74, 6) is -3.67. The second-order valence-corrected chi connectivity index (χ2v) is 11.8. The van der Waals surface area contributed by atoms with Gasteiger partial charge in [-0.25, -0.2) is 9.59 Å². The summed E-state index contributed by atoms with van der Waals surface area (Å²) in [4.78, 5) is 36.6. The minimum absolute atomic E-state index is 0.123. The van der Waals surface area contributed by atoms with Gasteiger partial charge >= 0.3 is 11.9 Å². The normalized spacial score (nSPS) is 15.4. The zero-order valence-corrected chi connectivity index (χ0v) is 26.9. The molecule has 0 saturated carbocycles. The van der Waals surface area contributed by atoms with Crippen molar-refractivity contribution in [3.8, 4) is 0 Å². The molecule has 3 atom stereocenters. The maximum Gasteiger partial charge on any atom is 0.362 e. The highest BCUT2D eigenvalue weighted by atomic mass is 16.4. The second-order valence-electron chi connectivity index (χ2n) is 11.8. The molecular formula is C34H63NO6. The van der Waals surface area contributed by atoms with Crippen LogP contribution in [0.5, 0.6) is 0 Å². The Bertz CT molecular complexity index is 667. The maximum absolute atomic E-state index is 12.2. The highest BCUT2D eigenvalue weighted by Crippen LogP contribution is 2.32. The minimum atomic E-state index is -1.37. The standard InChI is InChI=1S/C34H63NO6/c1-5-9-10-11-12-13-14-15-16-17-18-19-20-21-22-23-24-25-26-27-28-35(29(6-2)32(36)37,30(7-3)33(38)39)31(8-4)34(40)41/h22-23,29-31H,5-21,24-28H2,1-4H3,(H2-,36,37,38,39,40,41)/b23-22+. The predicted molar refractivity (Wildman–Crippen MR) is 166 cm³/mol. The number of carbonyl (C=O) groups is 3. The van der Waals surface area contributed by atoms with Crippen LogP contribution in [-0.4, -0.2) is 57.3 Å². The molecule has 0 heterocycles. The van der Waals surface area contributed by atoms with Crippen molar-refractivity contribution in [2.75, 3.05) is 6.54 Å². The highest BCUT2D eigenvalue weighted by Gasteiger charge is 2.53. The average Bonchev–Trinajstić information content (AvgIpc) is 2.92. The fourth-order valence-electron chi connectivity index (χ4n) is 6.60. The fraction of sp³-hybridized carbons (Fsp3) is 0.853. The number of carboxylic acid groups (broad SMARTS) is 3. The Morgan fingerprint density at radius 1 is 0.561 bits per heavy atom. The van der Waals surface area contributed by atoms with E-state index in [0.717, 1.165) is 25.7 Å². The zero-order chi connectivity index (χ0) is 30.9. The van der Waals surface area contributed by atoms with Gasteiger partial charge in [-0.3, -0.25) is 4.48 Å². The lowest BCUT2D eigenvalue weighted by atomic mass is 9.94. The lowest BCUT2D eigenvalue weighted by molar-refractivity contribution is -0.974. The van der Waals surface area contributed by atoms with E-state index in [1.165, 1.54) is 83.5 Å².